The molecule has 1 fully saturated rings. The Kier molecular flexibility index (Phi) is 7.87. The van der Waals surface area contributed by atoms with Crippen LogP contribution < -0.4 is 21.5 Å². The van der Waals surface area contributed by atoms with Gasteiger partial charge in [-0.2, -0.15) is 0 Å². The van der Waals surface area contributed by atoms with Gasteiger partial charge in [0.15, 0.2) is 0 Å². The Labute approximate surface area is 231 Å². The van der Waals surface area contributed by atoms with E-state index in [1.54, 1.807) is 48.5 Å². The molecule has 4 rings (SSSR count). The van der Waals surface area contributed by atoms with Crippen LogP contribution in [0.3, 0.4) is 0 Å². The summed E-state index contributed by atoms with van der Waals surface area (Å²) >= 11 is 31.1. The summed E-state index contributed by atoms with van der Waals surface area (Å²) in [6, 6.07) is 17.2. The summed E-state index contributed by atoms with van der Waals surface area (Å²) in [4.78, 5) is 37.6. The summed E-state index contributed by atoms with van der Waals surface area (Å²) in [6.07, 6.45) is 0. The number of benzene rings is 3. The number of anilines is 2. The van der Waals surface area contributed by atoms with E-state index in [2.05, 4.69) is 21.5 Å². The smallest absolute Gasteiger partial charge is 0.326 e. The highest BCUT2D eigenvalue weighted by atomic mass is 35.5. The largest absolute Gasteiger partial charge is 0.337 e. The van der Waals surface area contributed by atoms with Gasteiger partial charge in [-0.05, 0) is 54.1 Å². The van der Waals surface area contributed by atoms with Gasteiger partial charge in [0.25, 0.3) is 5.91 Å². The SMILES string of the molecule is O=C(NNC(=O)c1cc(NC(=O)C2C(c3cc(Cl)cc(Cl)c3)C2(Cl)Cl)ccc1Cl)Nc1ccccc1. The second-order valence-corrected chi connectivity index (χ2v) is 10.6. The molecule has 1 aliphatic carbocycles. The number of hydrogen-bond acceptors (Lipinski definition) is 3. The lowest BCUT2D eigenvalue weighted by molar-refractivity contribution is -0.117. The summed E-state index contributed by atoms with van der Waals surface area (Å²) < 4.78 is -1.36. The van der Waals surface area contributed by atoms with Gasteiger partial charge in [0.2, 0.25) is 5.91 Å². The van der Waals surface area contributed by atoms with Crippen molar-refractivity contribution < 1.29 is 14.4 Å². The fraction of sp³-hybridized carbons (Fsp3) is 0.125. The molecule has 1 saturated carbocycles. The zero-order valence-corrected chi connectivity index (χ0v) is 21.9. The van der Waals surface area contributed by atoms with E-state index in [1.165, 1.54) is 18.2 Å². The molecular weight excluding hydrogens is 570 g/mol. The first-order chi connectivity index (χ1) is 17.1. The van der Waals surface area contributed by atoms with Gasteiger partial charge >= 0.3 is 6.03 Å². The van der Waals surface area contributed by atoms with Crippen LogP contribution in [0.2, 0.25) is 15.1 Å². The van der Waals surface area contributed by atoms with Gasteiger partial charge in [-0.3, -0.25) is 15.0 Å². The van der Waals surface area contributed by atoms with E-state index in [9.17, 15) is 14.4 Å². The van der Waals surface area contributed by atoms with Crippen molar-refractivity contribution in [3.05, 3.63) is 92.9 Å². The van der Waals surface area contributed by atoms with Crippen LogP contribution in [0.5, 0.6) is 0 Å². The zero-order valence-electron chi connectivity index (χ0n) is 18.1. The molecule has 7 nitrogen and oxygen atoms in total. The molecule has 4 N–H and O–H groups in total. The van der Waals surface area contributed by atoms with Crippen molar-refractivity contribution in [2.75, 3.05) is 10.6 Å². The second kappa shape index (κ2) is 10.7. The molecule has 3 aromatic rings. The maximum Gasteiger partial charge on any atom is 0.337 e. The Balaban J connectivity index is 1.40. The third kappa shape index (κ3) is 5.99. The summed E-state index contributed by atoms with van der Waals surface area (Å²) in [6.45, 7) is 0. The summed E-state index contributed by atoms with van der Waals surface area (Å²) in [5.74, 6) is -2.47. The minimum Gasteiger partial charge on any atom is -0.326 e. The van der Waals surface area contributed by atoms with Crippen LogP contribution in [0.1, 0.15) is 21.8 Å². The van der Waals surface area contributed by atoms with Crippen molar-refractivity contribution in [1.82, 2.24) is 10.9 Å². The molecule has 0 heterocycles. The lowest BCUT2D eigenvalue weighted by Crippen LogP contribution is -2.44. The lowest BCUT2D eigenvalue weighted by atomic mass is 10.1. The predicted molar refractivity (Wildman–Crippen MR) is 143 cm³/mol. The molecule has 2 atom stereocenters. The summed E-state index contributed by atoms with van der Waals surface area (Å²) in [7, 11) is 0. The molecule has 2 unspecified atom stereocenters. The van der Waals surface area contributed by atoms with E-state index in [0.29, 0.717) is 21.3 Å². The number of carbonyl (C=O) groups excluding carboxylic acids is 3. The number of nitrogens with one attached hydrogen (secondary N) is 4. The molecule has 12 heteroatoms. The second-order valence-electron chi connectivity index (χ2n) is 7.92. The van der Waals surface area contributed by atoms with Gasteiger partial charge in [0.1, 0.15) is 4.33 Å². The molecule has 0 aliphatic heterocycles. The van der Waals surface area contributed by atoms with Gasteiger partial charge in [-0.1, -0.05) is 53.0 Å². The Morgan fingerprint density at radius 3 is 2.08 bits per heavy atom. The molecule has 0 saturated heterocycles. The first-order valence-electron chi connectivity index (χ1n) is 10.4. The highest BCUT2D eigenvalue weighted by Crippen LogP contribution is 2.65. The van der Waals surface area contributed by atoms with Gasteiger partial charge < -0.3 is 10.6 Å². The van der Waals surface area contributed by atoms with Crippen molar-refractivity contribution in [2.45, 2.75) is 10.3 Å². The number of carbonyl (C=O) groups is 3. The van der Waals surface area contributed by atoms with Gasteiger partial charge in [-0.25, -0.2) is 10.2 Å². The minimum absolute atomic E-state index is 0.0199. The molecule has 0 spiro atoms. The number of hydrogen-bond donors (Lipinski definition) is 4. The number of para-hydroxylation sites is 1. The highest BCUT2D eigenvalue weighted by Gasteiger charge is 2.67. The molecular formula is C24H17Cl5N4O3. The normalized spacial score (nSPS) is 17.6. The fourth-order valence-corrected chi connectivity index (χ4v) is 5.26. The van der Waals surface area contributed by atoms with E-state index in [-0.39, 0.29) is 16.3 Å². The maximum atomic E-state index is 13.0. The van der Waals surface area contributed by atoms with Crippen molar-refractivity contribution in [3.8, 4) is 0 Å². The van der Waals surface area contributed by atoms with Gasteiger partial charge in [0, 0.05) is 27.3 Å². The molecule has 0 radical (unpaired) electrons. The van der Waals surface area contributed by atoms with Crippen molar-refractivity contribution in [2.24, 2.45) is 5.92 Å². The topological polar surface area (TPSA) is 99.3 Å². The quantitative estimate of drug-likeness (QED) is 0.199. The standard InChI is InChI=1S/C24H17Cl5N4O3/c25-13-8-12(9-14(26)10-13)19-20(24(19,28)29)22(35)30-16-6-7-18(27)17(11-16)21(34)32-33-23(36)31-15-4-2-1-3-5-15/h1-11,19-20H,(H,30,35)(H,32,34)(H2,31,33,36). The van der Waals surface area contributed by atoms with E-state index in [1.807, 2.05) is 0 Å². The molecule has 3 aromatic carbocycles. The monoisotopic (exact) mass is 584 g/mol. The zero-order chi connectivity index (χ0) is 26.0. The average molecular weight is 587 g/mol. The average Bonchev–Trinajstić information content (AvgIpc) is 3.41. The Hall–Kier alpha value is -2.68. The summed E-state index contributed by atoms with van der Waals surface area (Å²) in [5, 5.41) is 6.15. The van der Waals surface area contributed by atoms with Gasteiger partial charge in [0.05, 0.1) is 16.5 Å². The number of alkyl halides is 2. The van der Waals surface area contributed by atoms with Gasteiger partial charge in [-0.15, -0.1) is 23.2 Å². The first kappa shape index (κ1) is 26.4. The van der Waals surface area contributed by atoms with Crippen LogP contribution in [0, 0.1) is 5.92 Å². The number of amides is 4. The summed E-state index contributed by atoms with van der Waals surface area (Å²) in [5.41, 5.74) is 5.97. The third-order valence-corrected chi connectivity index (χ3v) is 7.09. The van der Waals surface area contributed by atoms with Crippen LogP contribution in [-0.4, -0.2) is 22.2 Å². The minimum atomic E-state index is -1.36. The number of halogens is 5. The van der Waals surface area contributed by atoms with Crippen molar-refractivity contribution in [1.29, 1.82) is 0 Å². The third-order valence-electron chi connectivity index (χ3n) is 5.38. The molecule has 4 amide bonds. The molecule has 1 aliphatic rings. The van der Waals surface area contributed by atoms with E-state index >= 15 is 0 Å². The number of hydrazine groups is 1. The van der Waals surface area contributed by atoms with Crippen LogP contribution in [0.15, 0.2) is 66.7 Å². The van der Waals surface area contributed by atoms with Crippen LogP contribution in [0.25, 0.3) is 0 Å². The molecule has 36 heavy (non-hydrogen) atoms. The van der Waals surface area contributed by atoms with E-state index in [4.69, 9.17) is 58.0 Å². The Morgan fingerprint density at radius 2 is 1.42 bits per heavy atom. The number of rotatable bonds is 5. The highest BCUT2D eigenvalue weighted by molar-refractivity contribution is 6.53. The predicted octanol–water partition coefficient (Wildman–Crippen LogP) is 6.64. The van der Waals surface area contributed by atoms with Crippen LogP contribution >= 0.6 is 58.0 Å². The number of urea groups is 1. The Morgan fingerprint density at radius 1 is 0.750 bits per heavy atom. The fourth-order valence-electron chi connectivity index (χ4n) is 3.68. The molecule has 186 valence electrons. The lowest BCUT2D eigenvalue weighted by Gasteiger charge is -2.11. The van der Waals surface area contributed by atoms with E-state index in [0.717, 1.165) is 0 Å². The van der Waals surface area contributed by atoms with Crippen molar-refractivity contribution in [3.63, 3.8) is 0 Å². The van der Waals surface area contributed by atoms with E-state index < -0.39 is 34.0 Å². The molecule has 0 aromatic heterocycles. The van der Waals surface area contributed by atoms with Crippen LogP contribution in [0.4, 0.5) is 16.2 Å². The maximum absolute atomic E-state index is 13.0. The van der Waals surface area contributed by atoms with Crippen LogP contribution in [-0.2, 0) is 4.79 Å². The molecule has 0 bridgehead atoms. The Bertz CT molecular complexity index is 1320. The van der Waals surface area contributed by atoms with Crippen molar-refractivity contribution >= 4 is 87.2 Å². The first-order valence-corrected chi connectivity index (χ1v) is 12.3.